The van der Waals surface area contributed by atoms with Crippen LogP contribution in [0.1, 0.15) is 32.0 Å². The first-order valence-corrected chi connectivity index (χ1v) is 11.5. The summed E-state index contributed by atoms with van der Waals surface area (Å²) in [6, 6.07) is 5.01. The number of pyridine rings is 1. The summed E-state index contributed by atoms with van der Waals surface area (Å²) in [4.78, 5) is 27.8. The maximum atomic E-state index is 15.3. The number of ether oxygens (including phenoxy) is 2. The van der Waals surface area contributed by atoms with Gasteiger partial charge in [0.25, 0.3) is 11.8 Å². The smallest absolute Gasteiger partial charge is 0.320 e. The predicted octanol–water partition coefficient (Wildman–Crippen LogP) is 3.44. The number of hydrogen-bond acceptors (Lipinski definition) is 9. The Balaban J connectivity index is 1.86. The zero-order valence-electron chi connectivity index (χ0n) is 20.6. The van der Waals surface area contributed by atoms with Crippen molar-refractivity contribution in [3.63, 3.8) is 0 Å². The molecule has 0 unspecified atom stereocenters. The standard InChI is InChI=1S/C24H21F3N6O4S/c1-23(2)20(35)32(13-8-15(24(3,26)27)17(10-28)29-11-13)22(38)33(23)12-7-14-18(16(25)9-12)30-21(36-4)31-19(14)37-6-5-34/h7-9,11,34H,5-6H2,1-4H3. The van der Waals surface area contributed by atoms with Gasteiger partial charge < -0.3 is 19.5 Å². The fourth-order valence-corrected chi connectivity index (χ4v) is 4.58. The second-order valence-electron chi connectivity index (χ2n) is 8.82. The van der Waals surface area contributed by atoms with E-state index < -0.39 is 34.4 Å². The van der Waals surface area contributed by atoms with E-state index in [0.717, 1.165) is 23.2 Å². The van der Waals surface area contributed by atoms with Crippen LogP contribution < -0.4 is 19.3 Å². The largest absolute Gasteiger partial charge is 0.475 e. The highest BCUT2D eigenvalue weighted by Crippen LogP contribution is 2.40. The van der Waals surface area contributed by atoms with Gasteiger partial charge in [-0.25, -0.2) is 18.2 Å². The zero-order chi connectivity index (χ0) is 28.0. The lowest BCUT2D eigenvalue weighted by molar-refractivity contribution is -0.120. The summed E-state index contributed by atoms with van der Waals surface area (Å²) < 4.78 is 54.2. The van der Waals surface area contributed by atoms with Gasteiger partial charge in [-0.3, -0.25) is 9.69 Å². The normalized spacial score (nSPS) is 15.2. The van der Waals surface area contributed by atoms with Crippen LogP contribution in [0.4, 0.5) is 24.5 Å². The van der Waals surface area contributed by atoms with Crippen LogP contribution >= 0.6 is 12.2 Å². The van der Waals surface area contributed by atoms with Crippen LogP contribution in [0.25, 0.3) is 10.9 Å². The minimum Gasteiger partial charge on any atom is -0.475 e. The molecule has 0 spiro atoms. The molecule has 3 aromatic rings. The Morgan fingerprint density at radius 2 is 1.95 bits per heavy atom. The number of alkyl halides is 2. The van der Waals surface area contributed by atoms with E-state index >= 15 is 4.39 Å². The summed E-state index contributed by atoms with van der Waals surface area (Å²) >= 11 is 5.57. The highest BCUT2D eigenvalue weighted by molar-refractivity contribution is 7.81. The summed E-state index contributed by atoms with van der Waals surface area (Å²) in [5.41, 5.74) is -2.63. The van der Waals surface area contributed by atoms with Gasteiger partial charge in [-0.2, -0.15) is 15.2 Å². The van der Waals surface area contributed by atoms with Crippen LogP contribution in [0.3, 0.4) is 0 Å². The predicted molar refractivity (Wildman–Crippen MR) is 134 cm³/mol. The van der Waals surface area contributed by atoms with E-state index in [9.17, 15) is 18.8 Å². The molecule has 10 nitrogen and oxygen atoms in total. The number of nitriles is 1. The molecule has 3 heterocycles. The van der Waals surface area contributed by atoms with Gasteiger partial charge in [-0.1, -0.05) is 0 Å². The lowest BCUT2D eigenvalue weighted by Crippen LogP contribution is -2.44. The van der Waals surface area contributed by atoms with E-state index in [2.05, 4.69) is 15.0 Å². The topological polar surface area (TPSA) is 125 Å². The maximum absolute atomic E-state index is 15.3. The van der Waals surface area contributed by atoms with Crippen LogP contribution in [0.5, 0.6) is 11.9 Å². The van der Waals surface area contributed by atoms with Crippen molar-refractivity contribution in [2.24, 2.45) is 0 Å². The van der Waals surface area contributed by atoms with Crippen LogP contribution in [0, 0.1) is 17.1 Å². The molecule has 0 atom stereocenters. The molecule has 1 aromatic carbocycles. The average molecular weight is 547 g/mol. The van der Waals surface area contributed by atoms with E-state index in [1.54, 1.807) is 6.07 Å². The van der Waals surface area contributed by atoms with Crippen LogP contribution in [-0.4, -0.2) is 56.9 Å². The van der Waals surface area contributed by atoms with Crippen LogP contribution in [-0.2, 0) is 10.7 Å². The van der Waals surface area contributed by atoms with Crippen molar-refractivity contribution in [2.75, 3.05) is 30.1 Å². The van der Waals surface area contributed by atoms with Gasteiger partial charge in [0, 0.05) is 12.6 Å². The number of aliphatic hydroxyl groups excluding tert-OH is 1. The molecule has 1 saturated heterocycles. The van der Waals surface area contributed by atoms with E-state index in [-0.39, 0.29) is 52.5 Å². The number of halogens is 3. The average Bonchev–Trinajstić information content (AvgIpc) is 3.04. The Hall–Kier alpha value is -4.09. The van der Waals surface area contributed by atoms with Crippen molar-refractivity contribution in [3.05, 3.63) is 41.5 Å². The van der Waals surface area contributed by atoms with Crippen molar-refractivity contribution in [1.82, 2.24) is 15.0 Å². The number of hydrogen-bond donors (Lipinski definition) is 1. The van der Waals surface area contributed by atoms with Gasteiger partial charge in [0.15, 0.2) is 10.9 Å². The number of carbonyl (C=O) groups excluding carboxylic acids is 1. The number of aromatic nitrogens is 3. The number of methoxy groups -OCH3 is 1. The molecule has 0 aliphatic carbocycles. The molecular weight excluding hydrogens is 525 g/mol. The first-order valence-electron chi connectivity index (χ1n) is 11.1. The van der Waals surface area contributed by atoms with E-state index in [1.807, 2.05) is 0 Å². The number of fused-ring (bicyclic) bond motifs is 1. The number of aliphatic hydroxyl groups is 1. The molecule has 2 aromatic heterocycles. The Labute approximate surface area is 220 Å². The van der Waals surface area contributed by atoms with Gasteiger partial charge in [0.1, 0.15) is 29.4 Å². The van der Waals surface area contributed by atoms with E-state index in [1.165, 1.54) is 31.9 Å². The highest BCUT2D eigenvalue weighted by Gasteiger charge is 2.51. The van der Waals surface area contributed by atoms with Gasteiger partial charge in [-0.15, -0.1) is 0 Å². The minimum atomic E-state index is -3.42. The lowest BCUT2D eigenvalue weighted by atomic mass is 10.0. The molecule has 4 rings (SSSR count). The molecule has 0 saturated carbocycles. The third-order valence-electron chi connectivity index (χ3n) is 5.83. The summed E-state index contributed by atoms with van der Waals surface area (Å²) in [5.74, 6) is -4.88. The number of nitrogens with zero attached hydrogens (tertiary/aromatic N) is 6. The monoisotopic (exact) mass is 546 g/mol. The summed E-state index contributed by atoms with van der Waals surface area (Å²) in [5, 5.41) is 18.3. The molecule has 1 N–H and O–H groups in total. The SMILES string of the molecule is COc1nc(OCCO)c2cc(N3C(=S)N(c4cnc(C#N)c(C(C)(F)F)c4)C(=O)C3(C)C)cc(F)c2n1. The maximum Gasteiger partial charge on any atom is 0.320 e. The fourth-order valence-electron chi connectivity index (χ4n) is 4.06. The second kappa shape index (κ2) is 9.66. The van der Waals surface area contributed by atoms with E-state index in [4.69, 9.17) is 26.8 Å². The molecule has 1 fully saturated rings. The molecule has 0 radical (unpaired) electrons. The van der Waals surface area contributed by atoms with E-state index in [0.29, 0.717) is 6.92 Å². The molecule has 38 heavy (non-hydrogen) atoms. The third kappa shape index (κ3) is 4.44. The molecular formula is C24H21F3N6O4S. The van der Waals surface area contributed by atoms with Crippen LogP contribution in [0.2, 0.25) is 0 Å². The number of carbonyl (C=O) groups is 1. The summed E-state index contributed by atoms with van der Waals surface area (Å²) in [7, 11) is 1.30. The van der Waals surface area contributed by atoms with Gasteiger partial charge in [0.2, 0.25) is 5.88 Å². The molecule has 14 heteroatoms. The summed E-state index contributed by atoms with van der Waals surface area (Å²) in [6.07, 6.45) is 1.10. The van der Waals surface area contributed by atoms with Gasteiger partial charge in [-0.05, 0) is 44.3 Å². The summed E-state index contributed by atoms with van der Waals surface area (Å²) in [6.45, 7) is 3.20. The molecule has 1 aliphatic rings. The molecule has 0 bridgehead atoms. The number of rotatable bonds is 7. The van der Waals surface area contributed by atoms with Crippen molar-refractivity contribution in [2.45, 2.75) is 32.2 Å². The fraction of sp³-hybridized carbons (Fsp3) is 0.333. The first-order chi connectivity index (χ1) is 17.8. The van der Waals surface area contributed by atoms with Gasteiger partial charge in [0.05, 0.1) is 36.6 Å². The van der Waals surface area contributed by atoms with Crippen molar-refractivity contribution in [1.29, 1.82) is 5.26 Å². The quantitative estimate of drug-likeness (QED) is 0.441. The molecule has 198 valence electrons. The van der Waals surface area contributed by atoms with Gasteiger partial charge >= 0.3 is 6.01 Å². The Morgan fingerprint density at radius 1 is 1.24 bits per heavy atom. The second-order valence-corrected chi connectivity index (χ2v) is 9.18. The lowest BCUT2D eigenvalue weighted by Gasteiger charge is -2.29. The minimum absolute atomic E-state index is 0.0705. The Morgan fingerprint density at radius 3 is 2.55 bits per heavy atom. The Kier molecular flexibility index (Phi) is 6.85. The third-order valence-corrected chi connectivity index (χ3v) is 6.20. The van der Waals surface area contributed by atoms with Crippen molar-refractivity contribution >= 4 is 45.5 Å². The Bertz CT molecular complexity index is 1510. The number of anilines is 2. The molecule has 1 amide bonds. The highest BCUT2D eigenvalue weighted by atomic mass is 32.1. The number of benzene rings is 1. The number of amides is 1. The molecule has 1 aliphatic heterocycles. The zero-order valence-corrected chi connectivity index (χ0v) is 21.4. The van der Waals surface area contributed by atoms with Crippen LogP contribution in [0.15, 0.2) is 24.4 Å². The number of thiocarbonyl (C=S) groups is 1. The van der Waals surface area contributed by atoms with Crippen molar-refractivity contribution < 1.29 is 32.5 Å². The first kappa shape index (κ1) is 27.0. The van der Waals surface area contributed by atoms with Crippen molar-refractivity contribution in [3.8, 4) is 18.0 Å².